The fourth-order valence-corrected chi connectivity index (χ4v) is 20.6. The van der Waals surface area contributed by atoms with Crippen molar-refractivity contribution in [1.29, 1.82) is 0 Å². The van der Waals surface area contributed by atoms with Gasteiger partial charge in [-0.1, -0.05) is 13.3 Å². The third kappa shape index (κ3) is 23.8. The molecule has 0 aromatic carbocycles. The van der Waals surface area contributed by atoms with Crippen molar-refractivity contribution in [2.24, 2.45) is 11.1 Å². The fraction of sp³-hybridized carbons (Fsp3) is 0.889. The number of hydrogen-bond acceptors (Lipinski definition) is 25. The number of ether oxygens (including phenoxy) is 10. The molecule has 2 saturated carbocycles. The maximum absolute atomic E-state index is 13.1. The fourth-order valence-electron chi connectivity index (χ4n) is 20.6. The first-order valence-electron chi connectivity index (χ1n) is 41.8. The predicted octanol–water partition coefficient (Wildman–Crippen LogP) is 7.09. The van der Waals surface area contributed by atoms with Gasteiger partial charge in [-0.2, -0.15) is 0 Å². The number of halogens is 2. The van der Waals surface area contributed by atoms with Crippen LogP contribution in [0.1, 0.15) is 241 Å². The van der Waals surface area contributed by atoms with Gasteiger partial charge in [-0.25, -0.2) is 33.6 Å². The Bertz CT molecular complexity index is 3020. The molecule has 14 rings (SSSR count). The summed E-state index contributed by atoms with van der Waals surface area (Å²) in [5.41, 5.74) is 2.95. The molecular formula is C81H140Cl2LiN9O21. The van der Waals surface area contributed by atoms with Crippen LogP contribution in [0.15, 0.2) is 0 Å². The van der Waals surface area contributed by atoms with Crippen LogP contribution in [0.25, 0.3) is 0 Å². The number of carbonyl (C=O) groups is 9. The minimum atomic E-state index is -1.03. The molecule has 8 atom stereocenters. The number of carboxylic acid groups (broad SMARTS) is 1. The molecule has 0 radical (unpaired) electrons. The van der Waals surface area contributed by atoms with Crippen LogP contribution >= 0.6 is 24.8 Å². The van der Waals surface area contributed by atoms with Crippen molar-refractivity contribution in [2.75, 3.05) is 121 Å². The number of carboxylic acids is 1. The van der Waals surface area contributed by atoms with Crippen molar-refractivity contribution in [3.05, 3.63) is 0 Å². The third-order valence-electron chi connectivity index (χ3n) is 27.6. The summed E-state index contributed by atoms with van der Waals surface area (Å²) in [7, 11) is 9.16. The minimum absolute atomic E-state index is 0. The number of fused-ring (bicyclic) bond motifs is 8. The van der Waals surface area contributed by atoms with Gasteiger partial charge in [-0.3, -0.25) is 24.3 Å². The summed E-state index contributed by atoms with van der Waals surface area (Å²) in [6, 6.07) is 3.36. The zero-order chi connectivity index (χ0) is 79.8. The van der Waals surface area contributed by atoms with E-state index in [1.807, 2.05) is 35.5 Å². The van der Waals surface area contributed by atoms with Crippen LogP contribution in [0.4, 0.5) is 19.2 Å². The van der Waals surface area contributed by atoms with Crippen LogP contribution in [0.3, 0.4) is 0 Å². The first-order valence-corrected chi connectivity index (χ1v) is 41.8. The molecular weight excluding hydrogens is 1510 g/mol. The maximum Gasteiger partial charge on any atom is 1.00 e. The van der Waals surface area contributed by atoms with Gasteiger partial charge in [0.1, 0.15) is 11.4 Å². The van der Waals surface area contributed by atoms with Crippen molar-refractivity contribution in [3.8, 4) is 0 Å². The standard InChI is InChI=1S/C23H38N2O4.C18H30N2O5.C17H28N2O5.C10H15NO3.C8H15NO3.C5H11N.2ClH.Li.H2O/c1-4-29-21(27)25-17-6-7-18(25)15-19(14-17)24-12-10-23(28-3,11-13-24)20(26)16-22(2)8-5-9-22;1-4-25-17(22)20-13-5-6-14(20)12-15(11-13)19-9-7-18(24-3,8-10-19)16(21)23-2;1-3-24-16(22)19-12-4-5-13(19)11-14(10-12)18-8-6-17(23-2,7-9-18)15(20)21;1-2-14-10(13)11-7-3-4-8(11)6-9(12)5-7;1-11-7(10)8(12-2)3-5-9-6-4-8;1-5(6)3-2-4-5;;;;/h17-19H,4-16H2,1-3H3;13-15H,4-12H2,1-3H3;12-14H,3-11H2,1-2H3,(H,20,21);7-8H,2-6H2,1H3;9H,3-6H2,1-2H3;2-4,6H2,1H3;2*1H;;1H2/q;;;;;;;;+1;/p-1. The Balaban J connectivity index is 0.000000254. The van der Waals surface area contributed by atoms with Crippen molar-refractivity contribution in [3.63, 3.8) is 0 Å². The van der Waals surface area contributed by atoms with Gasteiger partial charge in [0.25, 0.3) is 0 Å². The SMILES string of the molecule is CC1(N)CCC1.CCOC(=O)N1C2CCC1CC(=O)C2.CCOC(=O)N1C2CCC1CC(N1CCC(OC)(C(=O)CC3(C)CCC3)CC1)C2.CCOC(=O)N1C2CCC1CC(N1CCC(OC)(C(=O)O)CC1)C2.CCOC(=O)N1C2CCC1CC(N1CCC(OC)(C(=O)OC)CC1)C2.COC(=O)C1(OC)CCNCC1.Cl.Cl.[Li+].[OH-]. The van der Waals surface area contributed by atoms with E-state index < -0.39 is 28.4 Å². The molecule has 12 heterocycles. The Labute approximate surface area is 702 Å². The molecule has 2 aliphatic carbocycles. The van der Waals surface area contributed by atoms with E-state index in [0.717, 1.165) is 155 Å². The Hall–Kier alpha value is -4.39. The number of amides is 4. The van der Waals surface area contributed by atoms with E-state index >= 15 is 0 Å². The molecule has 8 unspecified atom stereocenters. The number of aliphatic carboxylic acids is 1. The van der Waals surface area contributed by atoms with E-state index in [1.54, 1.807) is 33.2 Å². The van der Waals surface area contributed by atoms with Gasteiger partial charge >= 0.3 is 61.1 Å². The van der Waals surface area contributed by atoms with E-state index in [2.05, 4.69) is 33.9 Å². The van der Waals surface area contributed by atoms with E-state index in [-0.39, 0.29) is 138 Å². The molecule has 12 aliphatic heterocycles. The molecule has 33 heteroatoms. The number of likely N-dealkylation sites (tertiary alicyclic amines) is 3. The molecule has 5 N–H and O–H groups in total. The van der Waals surface area contributed by atoms with Crippen LogP contribution < -0.4 is 29.9 Å². The number of ketones is 2. The van der Waals surface area contributed by atoms with E-state index in [9.17, 15) is 48.3 Å². The summed E-state index contributed by atoms with van der Waals surface area (Å²) in [5.74, 6) is -0.780. The molecule has 0 spiro atoms. The Morgan fingerprint density at radius 2 is 0.675 bits per heavy atom. The summed E-state index contributed by atoms with van der Waals surface area (Å²) >= 11 is 0. The summed E-state index contributed by atoms with van der Waals surface area (Å²) in [6.07, 6.45) is 28.0. The summed E-state index contributed by atoms with van der Waals surface area (Å²) in [6.45, 7) is 20.0. The van der Waals surface area contributed by atoms with Crippen LogP contribution in [0, 0.1) is 5.41 Å². The largest absolute Gasteiger partial charge is 1.00 e. The molecule has 14 fully saturated rings. The first-order chi connectivity index (χ1) is 52.6. The normalized spacial score (nSPS) is 29.8. The monoisotopic (exact) mass is 1650 g/mol. The molecule has 12 saturated heterocycles. The Morgan fingerprint density at radius 1 is 0.412 bits per heavy atom. The van der Waals surface area contributed by atoms with Crippen LogP contribution in [0.2, 0.25) is 0 Å². The summed E-state index contributed by atoms with van der Waals surface area (Å²) < 4.78 is 52.2. The number of carbonyl (C=O) groups excluding carboxylic acids is 8. The summed E-state index contributed by atoms with van der Waals surface area (Å²) in [4.78, 5) is 123. The van der Waals surface area contributed by atoms with Gasteiger partial charge in [0.2, 0.25) is 0 Å². The second kappa shape index (κ2) is 45.3. The van der Waals surface area contributed by atoms with Crippen molar-refractivity contribution >= 4 is 78.7 Å². The van der Waals surface area contributed by atoms with Gasteiger partial charge in [-0.05, 0) is 226 Å². The number of rotatable bonds is 17. The van der Waals surface area contributed by atoms with Gasteiger partial charge in [0.05, 0.1) is 40.6 Å². The van der Waals surface area contributed by atoms with Crippen LogP contribution in [-0.2, 0) is 71.3 Å². The molecule has 14 aliphatic rings. The van der Waals surface area contributed by atoms with Crippen molar-refractivity contribution in [1.82, 2.24) is 39.6 Å². The number of nitrogens with one attached hydrogen (secondary N) is 1. The minimum Gasteiger partial charge on any atom is -0.870 e. The molecule has 650 valence electrons. The molecule has 8 bridgehead atoms. The van der Waals surface area contributed by atoms with Crippen LogP contribution in [0.5, 0.6) is 0 Å². The summed E-state index contributed by atoms with van der Waals surface area (Å²) in [5, 5.41) is 12.6. The average molecular weight is 1650 g/mol. The van der Waals surface area contributed by atoms with E-state index in [4.69, 9.17) is 53.1 Å². The van der Waals surface area contributed by atoms with Crippen molar-refractivity contribution in [2.45, 2.75) is 335 Å². The molecule has 4 amide bonds. The average Bonchev–Trinajstić information content (AvgIpc) is 1.19. The van der Waals surface area contributed by atoms with Gasteiger partial charge in [0, 0.05) is 159 Å². The van der Waals surface area contributed by atoms with Gasteiger partial charge in [0.15, 0.2) is 22.6 Å². The van der Waals surface area contributed by atoms with E-state index in [1.165, 1.54) is 59.9 Å². The van der Waals surface area contributed by atoms with Crippen LogP contribution in [-0.4, -0.2) is 315 Å². The first kappa shape index (κ1) is 100. The quantitative estimate of drug-likeness (QED) is 0.0743. The number of methoxy groups -OCH3 is 6. The van der Waals surface area contributed by atoms with Gasteiger partial charge < -0.3 is 88.6 Å². The Kier molecular flexibility index (Phi) is 39.8. The molecule has 30 nitrogen and oxygen atoms in total. The number of Topliss-reactive ketones (excluding diaryl/α,β-unsaturated/α-hetero) is 2. The van der Waals surface area contributed by atoms with E-state index in [0.29, 0.717) is 120 Å². The number of hydrogen-bond donors (Lipinski definition) is 3. The second-order valence-corrected chi connectivity index (χ2v) is 34.0. The van der Waals surface area contributed by atoms with Gasteiger partial charge in [-0.15, -0.1) is 24.8 Å². The smallest absolute Gasteiger partial charge is 0.870 e. The molecule has 0 aromatic rings. The predicted molar refractivity (Wildman–Crippen MR) is 426 cm³/mol. The number of nitrogens with zero attached hydrogens (tertiary/aromatic N) is 7. The third-order valence-corrected chi connectivity index (χ3v) is 27.6. The zero-order valence-electron chi connectivity index (χ0n) is 70.9. The molecule has 0 aromatic heterocycles. The topological polar surface area (TPSA) is 357 Å². The maximum atomic E-state index is 13.1. The Morgan fingerprint density at radius 3 is 0.921 bits per heavy atom. The second-order valence-electron chi connectivity index (χ2n) is 34.0. The zero-order valence-corrected chi connectivity index (χ0v) is 72.6. The number of esters is 2. The number of nitrogens with two attached hydrogens (primary N) is 1. The van der Waals surface area contributed by atoms with Crippen molar-refractivity contribution < 1.29 is 120 Å². The number of piperidine rings is 8. The molecule has 114 heavy (non-hydrogen) atoms.